The van der Waals surface area contributed by atoms with Crippen molar-refractivity contribution in [1.29, 1.82) is 0 Å². The van der Waals surface area contributed by atoms with E-state index in [2.05, 4.69) is 121 Å². The molecule has 238 valence electrons. The summed E-state index contributed by atoms with van der Waals surface area (Å²) in [7, 11) is 0. The average Bonchev–Trinajstić information content (AvgIpc) is 3.62. The van der Waals surface area contributed by atoms with E-state index in [-0.39, 0.29) is 24.8 Å². The van der Waals surface area contributed by atoms with Crippen molar-refractivity contribution in [1.82, 2.24) is 0 Å². The van der Waals surface area contributed by atoms with E-state index in [9.17, 15) is 0 Å². The second-order valence-electron chi connectivity index (χ2n) is 11.8. The summed E-state index contributed by atoms with van der Waals surface area (Å²) in [5, 5.41) is 1.57. The third kappa shape index (κ3) is 11.6. The van der Waals surface area contributed by atoms with Crippen LogP contribution < -0.4 is 0 Å². The summed E-state index contributed by atoms with van der Waals surface area (Å²) in [5.74, 6) is 0. The monoisotopic (exact) mass is 762 g/mol. The van der Waals surface area contributed by atoms with Crippen molar-refractivity contribution in [2.24, 2.45) is 0 Å². The molecule has 1 aliphatic rings. The van der Waals surface area contributed by atoms with Crippen molar-refractivity contribution in [2.75, 3.05) is 0 Å². The molecular formula is C41H40Cl4Zr-2. The molecular weight excluding hydrogens is 725 g/mol. The van der Waals surface area contributed by atoms with Crippen LogP contribution in [0.4, 0.5) is 0 Å². The van der Waals surface area contributed by atoms with Gasteiger partial charge >= 0.3 is 123 Å². The van der Waals surface area contributed by atoms with Gasteiger partial charge in [-0.15, -0.1) is 48.6 Å². The van der Waals surface area contributed by atoms with Crippen molar-refractivity contribution in [2.45, 2.75) is 39.5 Å². The van der Waals surface area contributed by atoms with E-state index in [0.717, 1.165) is 22.0 Å². The predicted molar refractivity (Wildman–Crippen MR) is 207 cm³/mol. The molecule has 0 amide bonds. The molecule has 0 atom stereocenters. The maximum atomic E-state index is 5.84. The van der Waals surface area contributed by atoms with E-state index in [1.54, 1.807) is 0 Å². The molecule has 0 saturated carbocycles. The first-order valence-electron chi connectivity index (χ1n) is 14.7. The molecule has 0 N–H and O–H groups in total. The Morgan fingerprint density at radius 1 is 0.739 bits per heavy atom. The molecule has 6 rings (SSSR count). The van der Waals surface area contributed by atoms with Crippen LogP contribution in [0, 0.1) is 13.0 Å². The van der Waals surface area contributed by atoms with Gasteiger partial charge in [-0.05, 0) is 12.0 Å². The first-order chi connectivity index (χ1) is 21.0. The molecule has 0 unspecified atom stereocenters. The molecule has 0 radical (unpaired) electrons. The van der Waals surface area contributed by atoms with Crippen LogP contribution in [0.25, 0.3) is 23.3 Å². The van der Waals surface area contributed by atoms with Crippen LogP contribution in [0.2, 0.25) is 10.0 Å². The Labute approximate surface area is 308 Å². The third-order valence-corrected chi connectivity index (χ3v) is 10.3. The van der Waals surface area contributed by atoms with Gasteiger partial charge in [-0.3, -0.25) is 0 Å². The number of hydrogen-bond donors (Lipinski definition) is 0. The Hall–Kier alpha value is -2.51. The molecule has 0 heterocycles. The summed E-state index contributed by atoms with van der Waals surface area (Å²) in [6.07, 6.45) is 4.74. The van der Waals surface area contributed by atoms with Gasteiger partial charge in [-0.1, -0.05) is 75.1 Å². The van der Waals surface area contributed by atoms with Crippen LogP contribution in [-0.2, 0) is 34.1 Å². The molecule has 0 fully saturated rings. The Morgan fingerprint density at radius 2 is 1.26 bits per heavy atom. The molecule has 0 bridgehead atoms. The minimum absolute atomic E-state index is 0. The van der Waals surface area contributed by atoms with Crippen molar-refractivity contribution in [3.05, 3.63) is 171 Å². The number of aryl methyl sites for hydroxylation is 1. The zero-order chi connectivity index (χ0) is 31.7. The van der Waals surface area contributed by atoms with Crippen molar-refractivity contribution < 1.29 is 22.3 Å². The number of halogens is 4. The van der Waals surface area contributed by atoms with Gasteiger partial charge in [0.1, 0.15) is 0 Å². The zero-order valence-corrected chi connectivity index (χ0v) is 32.3. The third-order valence-electron chi connectivity index (χ3n) is 7.33. The number of fused-ring (bicyclic) bond motifs is 3. The van der Waals surface area contributed by atoms with E-state index in [0.29, 0.717) is 5.41 Å². The quantitative estimate of drug-likeness (QED) is 0.157. The molecule has 1 aliphatic carbocycles. The number of benzene rings is 4. The van der Waals surface area contributed by atoms with E-state index in [4.69, 9.17) is 23.2 Å². The van der Waals surface area contributed by atoms with Gasteiger partial charge in [0.15, 0.2) is 0 Å². The summed E-state index contributed by atoms with van der Waals surface area (Å²) < 4.78 is 4.66. The van der Waals surface area contributed by atoms with Gasteiger partial charge in [0, 0.05) is 0 Å². The Morgan fingerprint density at radius 3 is 1.72 bits per heavy atom. The molecule has 0 aliphatic heterocycles. The van der Waals surface area contributed by atoms with Gasteiger partial charge in [0.25, 0.3) is 0 Å². The van der Waals surface area contributed by atoms with Crippen molar-refractivity contribution >= 4 is 67.6 Å². The molecule has 0 nitrogen and oxygen atoms in total. The Bertz CT molecular complexity index is 1690. The van der Waals surface area contributed by atoms with E-state index < -0.39 is 22.3 Å². The van der Waals surface area contributed by atoms with E-state index >= 15 is 0 Å². The Kier molecular flexibility index (Phi) is 16.2. The van der Waals surface area contributed by atoms with Gasteiger partial charge in [0.2, 0.25) is 0 Å². The number of rotatable bonds is 4. The van der Waals surface area contributed by atoms with Crippen molar-refractivity contribution in [3.63, 3.8) is 0 Å². The molecule has 0 spiro atoms. The predicted octanol–water partition coefficient (Wildman–Crippen LogP) is 12.3. The van der Waals surface area contributed by atoms with E-state index in [1.807, 2.05) is 42.5 Å². The number of hydrogen-bond acceptors (Lipinski definition) is 0. The average molecular weight is 766 g/mol. The van der Waals surface area contributed by atoms with E-state index in [1.165, 1.54) is 50.1 Å². The van der Waals surface area contributed by atoms with Crippen LogP contribution in [0.15, 0.2) is 110 Å². The topological polar surface area (TPSA) is 0 Å². The van der Waals surface area contributed by atoms with Crippen LogP contribution in [0.5, 0.6) is 0 Å². The van der Waals surface area contributed by atoms with Crippen LogP contribution in [0.1, 0.15) is 65.3 Å². The molecule has 0 saturated heterocycles. The van der Waals surface area contributed by atoms with Crippen LogP contribution in [0.3, 0.4) is 0 Å². The van der Waals surface area contributed by atoms with Crippen LogP contribution in [-0.4, -0.2) is 7.42 Å². The standard InChI is InChI=1S/C17H13.C10H15.2C7H5Cl.2ClH.Zr/c1-3-12-5-7-14-11-15-8-6-13(4-2)10-17(15)16(14)9-12;1-8-5-6-9(7-8)10(2,3)4;2*1-6-2-4-7(8)5-3-6;;;/h3-7,9-10H,1-2,11H2;5-7H,1-4H3;2*1-5H;2*1H;/q2*-1;;;;;. The SMILES string of the molecule is C=Cc1c[c-]c2c(c1)-c1cc(C=C)ccc1C2.Cc1cc(C(C)(C)C)c[cH-]1.Cl.Cl.Clc1ccc([CH]=[Zr]=[CH]c2ccc(Cl)cc2)cc1. The van der Waals surface area contributed by atoms with Gasteiger partial charge in [0.05, 0.1) is 0 Å². The second-order valence-corrected chi connectivity index (χ2v) is 14.9. The van der Waals surface area contributed by atoms with Crippen molar-refractivity contribution in [3.8, 4) is 11.1 Å². The first-order valence-corrected chi connectivity index (χ1v) is 18.3. The van der Waals surface area contributed by atoms with Gasteiger partial charge < -0.3 is 0 Å². The molecule has 5 aromatic carbocycles. The molecule has 5 heteroatoms. The maximum absolute atomic E-state index is 5.84. The fourth-order valence-electron chi connectivity index (χ4n) is 4.75. The zero-order valence-electron chi connectivity index (χ0n) is 26.7. The van der Waals surface area contributed by atoms with Gasteiger partial charge in [-0.2, -0.15) is 47.0 Å². The molecule has 46 heavy (non-hydrogen) atoms. The first kappa shape index (κ1) is 39.7. The summed E-state index contributed by atoms with van der Waals surface area (Å²) in [6, 6.07) is 36.6. The molecule has 0 aromatic heterocycles. The fraction of sp³-hybridized carbons (Fsp3) is 0.146. The summed E-state index contributed by atoms with van der Waals surface area (Å²) in [4.78, 5) is 0. The summed E-state index contributed by atoms with van der Waals surface area (Å²) in [5.41, 5.74) is 13.2. The minimum atomic E-state index is -0.623. The fourth-order valence-corrected chi connectivity index (χ4v) is 7.09. The summed E-state index contributed by atoms with van der Waals surface area (Å²) in [6.45, 7) is 16.5. The van der Waals surface area contributed by atoms with Gasteiger partial charge in [-0.25, -0.2) is 6.07 Å². The normalized spacial score (nSPS) is 10.5. The molecule has 5 aromatic rings. The van der Waals surface area contributed by atoms with Crippen LogP contribution >= 0.6 is 48.0 Å². The summed E-state index contributed by atoms with van der Waals surface area (Å²) >= 11 is 11.0. The second kappa shape index (κ2) is 18.7. The Balaban J connectivity index is 0.000000243.